The van der Waals surface area contributed by atoms with Crippen LogP contribution in [0.3, 0.4) is 0 Å². The standard InChI is InChI=1S/C19H31N5/c1-12-15-9-13(19(15,2)3)10-16(12)22-18-21-7-5-17(23-18)24-8-6-14(11-24)20-4/h5,7,12-16,20H,6,8-11H2,1-4H3,(H,21,22,23)/t12-,13+,14-,15+,16+/m1/s1. The fraction of sp³-hybridized carbons (Fsp3) is 0.789. The molecule has 0 spiro atoms. The summed E-state index contributed by atoms with van der Waals surface area (Å²) in [6, 6.07) is 3.12. The van der Waals surface area contributed by atoms with Gasteiger partial charge < -0.3 is 15.5 Å². The number of nitrogens with one attached hydrogen (secondary N) is 2. The van der Waals surface area contributed by atoms with Gasteiger partial charge in [0.15, 0.2) is 0 Å². The molecule has 0 amide bonds. The van der Waals surface area contributed by atoms with Crippen molar-refractivity contribution in [1.29, 1.82) is 0 Å². The molecule has 1 aromatic heterocycles. The molecule has 1 saturated heterocycles. The summed E-state index contributed by atoms with van der Waals surface area (Å²) in [6.45, 7) is 9.40. The van der Waals surface area contributed by atoms with Crippen LogP contribution in [0.25, 0.3) is 0 Å². The van der Waals surface area contributed by atoms with Crippen LogP contribution in [0.2, 0.25) is 0 Å². The van der Waals surface area contributed by atoms with Crippen LogP contribution < -0.4 is 15.5 Å². The summed E-state index contributed by atoms with van der Waals surface area (Å²) in [5.41, 5.74) is 0.526. The molecule has 5 nitrogen and oxygen atoms in total. The minimum Gasteiger partial charge on any atom is -0.355 e. The zero-order valence-electron chi connectivity index (χ0n) is 15.4. The zero-order chi connectivity index (χ0) is 16.9. The Bertz CT molecular complexity index is 601. The molecule has 2 N–H and O–H groups in total. The molecule has 4 aliphatic rings. The van der Waals surface area contributed by atoms with Crippen molar-refractivity contribution in [3.8, 4) is 0 Å². The SMILES string of the molecule is CN[C@@H]1CCN(c2ccnc(N[C@H]3C[C@@H]4C[C@@H]([C@H]3C)C4(C)C)n2)C1. The van der Waals surface area contributed by atoms with Crippen molar-refractivity contribution in [2.24, 2.45) is 23.2 Å². The fourth-order valence-corrected chi connectivity index (χ4v) is 5.31. The summed E-state index contributed by atoms with van der Waals surface area (Å²) >= 11 is 0. The molecule has 2 heterocycles. The van der Waals surface area contributed by atoms with Gasteiger partial charge in [0, 0.05) is 31.4 Å². The Hall–Kier alpha value is -1.36. The third-order valence-corrected chi connectivity index (χ3v) is 7.23. The highest BCUT2D eigenvalue weighted by Crippen LogP contribution is 2.61. The maximum atomic E-state index is 4.80. The Kier molecular flexibility index (Phi) is 3.94. The number of rotatable bonds is 4. The summed E-state index contributed by atoms with van der Waals surface area (Å²) < 4.78 is 0. The van der Waals surface area contributed by atoms with Gasteiger partial charge in [-0.3, -0.25) is 0 Å². The van der Waals surface area contributed by atoms with Crippen molar-refractivity contribution in [1.82, 2.24) is 15.3 Å². The molecule has 4 fully saturated rings. The molecule has 1 aliphatic heterocycles. The van der Waals surface area contributed by atoms with Gasteiger partial charge >= 0.3 is 0 Å². The Morgan fingerprint density at radius 1 is 1.29 bits per heavy atom. The van der Waals surface area contributed by atoms with E-state index in [-0.39, 0.29) is 0 Å². The summed E-state index contributed by atoms with van der Waals surface area (Å²) in [6.07, 6.45) is 5.74. The summed E-state index contributed by atoms with van der Waals surface area (Å²) in [7, 11) is 2.04. The van der Waals surface area contributed by atoms with Crippen molar-refractivity contribution in [2.45, 2.75) is 52.1 Å². The lowest BCUT2D eigenvalue weighted by atomic mass is 9.45. The van der Waals surface area contributed by atoms with Crippen LogP contribution in [-0.2, 0) is 0 Å². The molecule has 0 aromatic carbocycles. The summed E-state index contributed by atoms with van der Waals surface area (Å²) in [5.74, 6) is 4.24. The molecule has 3 saturated carbocycles. The second kappa shape index (κ2) is 5.87. The van der Waals surface area contributed by atoms with E-state index in [1.54, 1.807) is 0 Å². The van der Waals surface area contributed by atoms with Gasteiger partial charge in [-0.15, -0.1) is 0 Å². The molecule has 132 valence electrons. The van der Waals surface area contributed by atoms with Gasteiger partial charge in [0.05, 0.1) is 0 Å². The number of hydrogen-bond donors (Lipinski definition) is 2. The van der Waals surface area contributed by atoms with Crippen LogP contribution in [0.1, 0.15) is 40.0 Å². The van der Waals surface area contributed by atoms with E-state index in [1.165, 1.54) is 19.3 Å². The Labute approximate surface area is 145 Å². The first-order chi connectivity index (χ1) is 11.5. The first kappa shape index (κ1) is 16.1. The Morgan fingerprint density at radius 3 is 2.79 bits per heavy atom. The van der Waals surface area contributed by atoms with Crippen LogP contribution in [-0.4, -0.2) is 42.2 Å². The highest BCUT2D eigenvalue weighted by atomic mass is 15.3. The van der Waals surface area contributed by atoms with E-state index in [1.807, 2.05) is 19.3 Å². The molecule has 5 heteroatoms. The van der Waals surface area contributed by atoms with Crippen LogP contribution >= 0.6 is 0 Å². The Morgan fingerprint density at radius 2 is 2.12 bits per heavy atom. The first-order valence-electron chi connectivity index (χ1n) is 9.51. The van der Waals surface area contributed by atoms with Crippen molar-refractivity contribution < 1.29 is 0 Å². The average molecular weight is 329 g/mol. The molecule has 0 unspecified atom stereocenters. The maximum absolute atomic E-state index is 4.80. The topological polar surface area (TPSA) is 53.1 Å². The molecular formula is C19H31N5. The molecule has 1 aromatic rings. The molecule has 5 atom stereocenters. The highest BCUT2D eigenvalue weighted by Gasteiger charge is 2.56. The first-order valence-corrected chi connectivity index (χ1v) is 9.51. The van der Waals surface area contributed by atoms with E-state index in [0.29, 0.717) is 23.4 Å². The lowest BCUT2D eigenvalue weighted by Gasteiger charge is -2.62. The molecule has 2 bridgehead atoms. The minimum absolute atomic E-state index is 0.515. The number of hydrogen-bond acceptors (Lipinski definition) is 5. The second-order valence-corrected chi connectivity index (χ2v) is 8.66. The lowest BCUT2D eigenvalue weighted by molar-refractivity contribution is -0.105. The molecule has 5 rings (SSSR count). The predicted octanol–water partition coefficient (Wildman–Crippen LogP) is 2.76. The van der Waals surface area contributed by atoms with Crippen LogP contribution in [0.15, 0.2) is 12.3 Å². The average Bonchev–Trinajstić information content (AvgIpc) is 3.05. The third-order valence-electron chi connectivity index (χ3n) is 7.23. The lowest BCUT2D eigenvalue weighted by Crippen LogP contribution is -2.58. The van der Waals surface area contributed by atoms with E-state index in [9.17, 15) is 0 Å². The molecular weight excluding hydrogens is 298 g/mol. The number of likely N-dealkylation sites (N-methyl/N-ethyl adjacent to an activating group) is 1. The van der Waals surface area contributed by atoms with Crippen LogP contribution in [0.5, 0.6) is 0 Å². The van der Waals surface area contributed by atoms with E-state index < -0.39 is 0 Å². The van der Waals surface area contributed by atoms with Crippen molar-refractivity contribution in [2.75, 3.05) is 30.4 Å². The van der Waals surface area contributed by atoms with Crippen molar-refractivity contribution in [3.63, 3.8) is 0 Å². The van der Waals surface area contributed by atoms with Crippen molar-refractivity contribution in [3.05, 3.63) is 12.3 Å². The largest absolute Gasteiger partial charge is 0.355 e. The maximum Gasteiger partial charge on any atom is 0.224 e. The second-order valence-electron chi connectivity index (χ2n) is 8.66. The molecule has 24 heavy (non-hydrogen) atoms. The summed E-state index contributed by atoms with van der Waals surface area (Å²) in [5, 5.41) is 7.02. The normalized spacial score (nSPS) is 37.2. The quantitative estimate of drug-likeness (QED) is 0.889. The summed E-state index contributed by atoms with van der Waals surface area (Å²) in [4.78, 5) is 11.7. The van der Waals surface area contributed by atoms with Gasteiger partial charge in [-0.05, 0) is 55.5 Å². The van der Waals surface area contributed by atoms with Crippen LogP contribution in [0, 0.1) is 23.2 Å². The van der Waals surface area contributed by atoms with Gasteiger partial charge in [-0.2, -0.15) is 4.98 Å². The van der Waals surface area contributed by atoms with Crippen molar-refractivity contribution >= 4 is 11.8 Å². The number of nitrogens with zero attached hydrogens (tertiary/aromatic N) is 3. The van der Waals surface area contributed by atoms with E-state index in [2.05, 4.69) is 41.3 Å². The fourth-order valence-electron chi connectivity index (χ4n) is 5.31. The highest BCUT2D eigenvalue weighted by molar-refractivity contribution is 5.44. The van der Waals surface area contributed by atoms with E-state index in [0.717, 1.165) is 36.7 Å². The van der Waals surface area contributed by atoms with Gasteiger partial charge in [-0.25, -0.2) is 4.98 Å². The van der Waals surface area contributed by atoms with Gasteiger partial charge in [0.1, 0.15) is 5.82 Å². The monoisotopic (exact) mass is 329 g/mol. The van der Waals surface area contributed by atoms with Gasteiger partial charge in [0.25, 0.3) is 0 Å². The van der Waals surface area contributed by atoms with Gasteiger partial charge in [-0.1, -0.05) is 20.8 Å². The zero-order valence-corrected chi connectivity index (χ0v) is 15.4. The van der Waals surface area contributed by atoms with Crippen LogP contribution in [0.4, 0.5) is 11.8 Å². The number of aromatic nitrogens is 2. The number of fused-ring (bicyclic) bond motifs is 2. The molecule has 0 radical (unpaired) electrons. The van der Waals surface area contributed by atoms with Gasteiger partial charge in [0.2, 0.25) is 5.95 Å². The van der Waals surface area contributed by atoms with E-state index in [4.69, 9.17) is 4.98 Å². The van der Waals surface area contributed by atoms with E-state index >= 15 is 0 Å². The Balaban J connectivity index is 1.44. The molecule has 3 aliphatic carbocycles. The predicted molar refractivity (Wildman–Crippen MR) is 98.3 cm³/mol. The minimum atomic E-state index is 0.515. The smallest absolute Gasteiger partial charge is 0.224 e. The number of anilines is 2. The third kappa shape index (κ3) is 2.57.